The molecule has 2 heterocycles. The number of aryl methyl sites for hydroxylation is 1. The van der Waals surface area contributed by atoms with Crippen LogP contribution in [0.1, 0.15) is 17.8 Å². The summed E-state index contributed by atoms with van der Waals surface area (Å²) < 4.78 is 0. The lowest BCUT2D eigenvalue weighted by Crippen LogP contribution is -2.11. The Balaban J connectivity index is 1.98. The van der Waals surface area contributed by atoms with Crippen molar-refractivity contribution in [3.05, 3.63) is 17.7 Å². The number of hydrogen-bond donors (Lipinski definition) is 2. The maximum absolute atomic E-state index is 4.30. The second-order valence-corrected chi connectivity index (χ2v) is 3.54. The molecule has 0 aromatic carbocycles. The lowest BCUT2D eigenvalue weighted by Gasteiger charge is -2.05. The van der Waals surface area contributed by atoms with E-state index in [2.05, 4.69) is 22.2 Å². The predicted molar refractivity (Wildman–Crippen MR) is 48.0 cm³/mol. The third kappa shape index (κ3) is 1.50. The molecule has 2 N–H and O–H groups in total. The molecule has 0 radical (unpaired) electrons. The summed E-state index contributed by atoms with van der Waals surface area (Å²) in [7, 11) is 0. The van der Waals surface area contributed by atoms with Crippen LogP contribution in [-0.4, -0.2) is 23.1 Å². The van der Waals surface area contributed by atoms with Crippen LogP contribution >= 0.6 is 0 Å². The lowest BCUT2D eigenvalue weighted by molar-refractivity contribution is 0.571. The highest BCUT2D eigenvalue weighted by Gasteiger charge is 2.16. The second-order valence-electron chi connectivity index (χ2n) is 3.54. The Hall–Kier alpha value is -0.830. The van der Waals surface area contributed by atoms with E-state index in [-0.39, 0.29) is 0 Å². The molecule has 0 spiro atoms. The van der Waals surface area contributed by atoms with Crippen LogP contribution in [0.5, 0.6) is 0 Å². The first-order valence-corrected chi connectivity index (χ1v) is 4.56. The van der Waals surface area contributed by atoms with E-state index in [9.17, 15) is 0 Å². The molecule has 1 aromatic rings. The zero-order chi connectivity index (χ0) is 8.39. The molecule has 1 fully saturated rings. The van der Waals surface area contributed by atoms with E-state index in [4.69, 9.17) is 0 Å². The van der Waals surface area contributed by atoms with Gasteiger partial charge in [0.15, 0.2) is 0 Å². The Morgan fingerprint density at radius 2 is 2.58 bits per heavy atom. The Morgan fingerprint density at radius 1 is 1.67 bits per heavy atom. The summed E-state index contributed by atoms with van der Waals surface area (Å²) in [5.41, 5.74) is 2.46. The average Bonchev–Trinajstić information content (AvgIpc) is 2.65. The Labute approximate surface area is 72.6 Å². The number of rotatable bonds is 2. The predicted octanol–water partition coefficient (Wildman–Crippen LogP) is 0.870. The van der Waals surface area contributed by atoms with Gasteiger partial charge in [0, 0.05) is 5.69 Å². The highest BCUT2D eigenvalue weighted by molar-refractivity contribution is 5.09. The first-order valence-electron chi connectivity index (χ1n) is 4.56. The molecule has 1 aliphatic heterocycles. The van der Waals surface area contributed by atoms with Crippen LogP contribution in [0.4, 0.5) is 0 Å². The van der Waals surface area contributed by atoms with Gasteiger partial charge in [-0.2, -0.15) is 0 Å². The number of nitrogens with one attached hydrogen (secondary N) is 2. The quantitative estimate of drug-likeness (QED) is 0.682. The van der Waals surface area contributed by atoms with Crippen molar-refractivity contribution in [3.8, 4) is 0 Å². The van der Waals surface area contributed by atoms with Crippen molar-refractivity contribution in [1.29, 1.82) is 0 Å². The van der Waals surface area contributed by atoms with Gasteiger partial charge in [-0.3, -0.25) is 0 Å². The van der Waals surface area contributed by atoms with Gasteiger partial charge in [-0.05, 0) is 38.8 Å². The van der Waals surface area contributed by atoms with Gasteiger partial charge in [-0.1, -0.05) is 0 Å². The Morgan fingerprint density at radius 3 is 3.17 bits per heavy atom. The SMILES string of the molecule is Cc1[nH]cnc1CC1CCNC1. The molecule has 1 unspecified atom stereocenters. The van der Waals surface area contributed by atoms with Gasteiger partial charge in [0.05, 0.1) is 12.0 Å². The smallest absolute Gasteiger partial charge is 0.0925 e. The molecule has 1 saturated heterocycles. The van der Waals surface area contributed by atoms with E-state index in [0.29, 0.717) is 0 Å². The topological polar surface area (TPSA) is 40.7 Å². The number of aromatic nitrogens is 2. The van der Waals surface area contributed by atoms with Gasteiger partial charge in [0.25, 0.3) is 0 Å². The van der Waals surface area contributed by atoms with Crippen LogP contribution < -0.4 is 5.32 Å². The molecule has 1 aliphatic rings. The summed E-state index contributed by atoms with van der Waals surface area (Å²) in [5.74, 6) is 0.798. The summed E-state index contributed by atoms with van der Waals surface area (Å²) in [6.07, 6.45) is 4.21. The molecule has 2 rings (SSSR count). The van der Waals surface area contributed by atoms with E-state index in [0.717, 1.165) is 18.9 Å². The van der Waals surface area contributed by atoms with E-state index in [1.165, 1.54) is 24.4 Å². The summed E-state index contributed by atoms with van der Waals surface area (Å²) in [5, 5.41) is 3.37. The standard InChI is InChI=1S/C9H15N3/c1-7-9(12-6-11-7)4-8-2-3-10-5-8/h6,8,10H,2-5H2,1H3,(H,11,12). The first kappa shape index (κ1) is 7.80. The molecule has 1 atom stereocenters. The van der Waals surface area contributed by atoms with Gasteiger partial charge in [-0.25, -0.2) is 4.98 Å². The van der Waals surface area contributed by atoms with Crippen LogP contribution in [0.15, 0.2) is 6.33 Å². The average molecular weight is 165 g/mol. The molecule has 66 valence electrons. The number of H-pyrrole nitrogens is 1. The van der Waals surface area contributed by atoms with Crippen molar-refractivity contribution < 1.29 is 0 Å². The summed E-state index contributed by atoms with van der Waals surface area (Å²) in [6, 6.07) is 0. The van der Waals surface area contributed by atoms with Crippen LogP contribution in [0, 0.1) is 12.8 Å². The van der Waals surface area contributed by atoms with Crippen molar-refractivity contribution in [2.75, 3.05) is 13.1 Å². The summed E-state index contributed by atoms with van der Waals surface area (Å²) in [4.78, 5) is 7.41. The molecule has 3 heteroatoms. The molecule has 0 saturated carbocycles. The van der Waals surface area contributed by atoms with Gasteiger partial charge in [0.1, 0.15) is 0 Å². The number of aromatic amines is 1. The fraction of sp³-hybridized carbons (Fsp3) is 0.667. The van der Waals surface area contributed by atoms with E-state index < -0.39 is 0 Å². The highest BCUT2D eigenvalue weighted by atomic mass is 14.9. The van der Waals surface area contributed by atoms with Crippen molar-refractivity contribution in [1.82, 2.24) is 15.3 Å². The fourth-order valence-corrected chi connectivity index (χ4v) is 1.76. The normalized spacial score (nSPS) is 23.2. The van der Waals surface area contributed by atoms with Gasteiger partial charge in [-0.15, -0.1) is 0 Å². The van der Waals surface area contributed by atoms with Crippen LogP contribution in [0.2, 0.25) is 0 Å². The van der Waals surface area contributed by atoms with Crippen molar-refractivity contribution in [2.24, 2.45) is 5.92 Å². The van der Waals surface area contributed by atoms with Crippen molar-refractivity contribution >= 4 is 0 Å². The third-order valence-corrected chi connectivity index (χ3v) is 2.58. The maximum atomic E-state index is 4.30. The van der Waals surface area contributed by atoms with E-state index in [1.54, 1.807) is 6.33 Å². The van der Waals surface area contributed by atoms with Crippen LogP contribution in [0.3, 0.4) is 0 Å². The lowest BCUT2D eigenvalue weighted by atomic mass is 10.0. The minimum absolute atomic E-state index is 0.798. The molecule has 3 nitrogen and oxygen atoms in total. The molecular formula is C9H15N3. The largest absolute Gasteiger partial charge is 0.348 e. The maximum Gasteiger partial charge on any atom is 0.0925 e. The molecule has 1 aromatic heterocycles. The Kier molecular flexibility index (Phi) is 2.13. The molecule has 0 amide bonds. The van der Waals surface area contributed by atoms with Crippen LogP contribution in [0.25, 0.3) is 0 Å². The van der Waals surface area contributed by atoms with Crippen molar-refractivity contribution in [3.63, 3.8) is 0 Å². The van der Waals surface area contributed by atoms with Gasteiger partial charge < -0.3 is 10.3 Å². The molecule has 12 heavy (non-hydrogen) atoms. The minimum Gasteiger partial charge on any atom is -0.348 e. The second kappa shape index (κ2) is 3.27. The molecular weight excluding hydrogens is 150 g/mol. The summed E-state index contributed by atoms with van der Waals surface area (Å²) in [6.45, 7) is 4.42. The molecule has 0 aliphatic carbocycles. The number of imidazole rings is 1. The van der Waals surface area contributed by atoms with Crippen LogP contribution in [-0.2, 0) is 6.42 Å². The van der Waals surface area contributed by atoms with Crippen molar-refractivity contribution in [2.45, 2.75) is 19.8 Å². The zero-order valence-corrected chi connectivity index (χ0v) is 7.43. The van der Waals surface area contributed by atoms with Gasteiger partial charge in [0.2, 0.25) is 0 Å². The van der Waals surface area contributed by atoms with E-state index in [1.807, 2.05) is 0 Å². The first-order chi connectivity index (χ1) is 5.86. The minimum atomic E-state index is 0.798. The fourth-order valence-electron chi connectivity index (χ4n) is 1.76. The van der Waals surface area contributed by atoms with E-state index >= 15 is 0 Å². The summed E-state index contributed by atoms with van der Waals surface area (Å²) >= 11 is 0. The third-order valence-electron chi connectivity index (χ3n) is 2.58. The monoisotopic (exact) mass is 165 g/mol. The van der Waals surface area contributed by atoms with Gasteiger partial charge >= 0.3 is 0 Å². The number of hydrogen-bond acceptors (Lipinski definition) is 2. The zero-order valence-electron chi connectivity index (χ0n) is 7.43. The Bertz CT molecular complexity index is 248. The number of nitrogens with zero attached hydrogens (tertiary/aromatic N) is 1. The highest BCUT2D eigenvalue weighted by Crippen LogP contribution is 2.14. The molecule has 0 bridgehead atoms.